The first kappa shape index (κ1) is 20.5. The van der Waals surface area contributed by atoms with Crippen LogP contribution >= 0.6 is 11.8 Å². The number of carbonyl (C=O) groups excluding carboxylic acids is 1. The molecule has 8 heteroatoms. The quantitative estimate of drug-likeness (QED) is 0.578. The molecule has 1 N–H and O–H groups in total. The molecule has 1 fully saturated rings. The molecule has 2 aromatic heterocycles. The van der Waals surface area contributed by atoms with Crippen molar-refractivity contribution in [3.05, 3.63) is 54.0 Å². The summed E-state index contributed by atoms with van der Waals surface area (Å²) in [6, 6.07) is 12.0. The van der Waals surface area contributed by atoms with Gasteiger partial charge in [0.1, 0.15) is 5.76 Å². The number of aryl methyl sites for hydroxylation is 1. The third kappa shape index (κ3) is 4.70. The molecule has 30 heavy (non-hydrogen) atoms. The van der Waals surface area contributed by atoms with E-state index in [1.54, 1.807) is 6.26 Å². The summed E-state index contributed by atoms with van der Waals surface area (Å²) < 4.78 is 7.36. The van der Waals surface area contributed by atoms with Crippen LogP contribution in [0.4, 0.5) is 5.95 Å². The highest BCUT2D eigenvalue weighted by Gasteiger charge is 2.24. The fraction of sp³-hybridized carbons (Fsp3) is 0.409. The van der Waals surface area contributed by atoms with Crippen LogP contribution in [0, 0.1) is 6.92 Å². The average molecular weight is 426 g/mol. The Morgan fingerprint density at radius 3 is 2.63 bits per heavy atom. The lowest BCUT2D eigenvalue weighted by Crippen LogP contribution is -2.32. The Morgan fingerprint density at radius 1 is 1.17 bits per heavy atom. The van der Waals surface area contributed by atoms with E-state index in [1.807, 2.05) is 19.1 Å². The summed E-state index contributed by atoms with van der Waals surface area (Å²) in [5, 5.41) is 12.3. The molecule has 1 amide bonds. The lowest BCUT2D eigenvalue weighted by atomic mass is 10.1. The average Bonchev–Trinajstić information content (AvgIpc) is 3.43. The van der Waals surface area contributed by atoms with E-state index in [-0.39, 0.29) is 11.2 Å². The van der Waals surface area contributed by atoms with E-state index in [0.717, 1.165) is 48.5 Å². The number of thioether (sulfide) groups is 1. The number of nitrogens with one attached hydrogen (secondary N) is 1. The van der Waals surface area contributed by atoms with E-state index >= 15 is 0 Å². The predicted molar refractivity (Wildman–Crippen MR) is 118 cm³/mol. The number of hydrogen-bond donors (Lipinski definition) is 1. The second kappa shape index (κ2) is 9.38. The van der Waals surface area contributed by atoms with Crippen LogP contribution in [-0.4, -0.2) is 39.0 Å². The van der Waals surface area contributed by atoms with E-state index < -0.39 is 0 Å². The molecule has 1 aliphatic rings. The molecule has 0 spiro atoms. The highest BCUT2D eigenvalue weighted by molar-refractivity contribution is 8.00. The van der Waals surface area contributed by atoms with Gasteiger partial charge in [0.15, 0.2) is 5.16 Å². The maximum Gasteiger partial charge on any atom is 0.233 e. The smallest absolute Gasteiger partial charge is 0.233 e. The molecule has 0 radical (unpaired) electrons. The van der Waals surface area contributed by atoms with Crippen molar-refractivity contribution < 1.29 is 9.21 Å². The van der Waals surface area contributed by atoms with Crippen molar-refractivity contribution in [1.29, 1.82) is 0 Å². The molecule has 4 rings (SSSR count). The maximum absolute atomic E-state index is 12.6. The van der Waals surface area contributed by atoms with Crippen LogP contribution in [0.1, 0.15) is 37.5 Å². The Labute approximate surface area is 180 Å². The fourth-order valence-corrected chi connectivity index (χ4v) is 4.39. The summed E-state index contributed by atoms with van der Waals surface area (Å²) in [4.78, 5) is 14.9. The van der Waals surface area contributed by atoms with E-state index in [9.17, 15) is 4.79 Å². The van der Waals surface area contributed by atoms with Crippen molar-refractivity contribution in [1.82, 2.24) is 20.1 Å². The molecule has 1 atom stereocenters. The Kier molecular flexibility index (Phi) is 6.42. The van der Waals surface area contributed by atoms with Crippen molar-refractivity contribution in [2.45, 2.75) is 50.1 Å². The molecule has 0 aliphatic carbocycles. The number of piperidine rings is 1. The van der Waals surface area contributed by atoms with Gasteiger partial charge in [0, 0.05) is 13.1 Å². The zero-order valence-corrected chi connectivity index (χ0v) is 18.2. The summed E-state index contributed by atoms with van der Waals surface area (Å²) in [6.07, 6.45) is 5.18. The number of rotatable bonds is 7. The number of benzene rings is 1. The summed E-state index contributed by atoms with van der Waals surface area (Å²) in [6.45, 7) is 6.29. The molecule has 1 saturated heterocycles. The van der Waals surface area contributed by atoms with Crippen molar-refractivity contribution in [2.75, 3.05) is 18.0 Å². The summed E-state index contributed by atoms with van der Waals surface area (Å²) in [7, 11) is 0. The minimum absolute atomic E-state index is 0.0608. The monoisotopic (exact) mass is 425 g/mol. The lowest BCUT2D eigenvalue weighted by Gasteiger charge is -2.28. The molecular weight excluding hydrogens is 398 g/mol. The van der Waals surface area contributed by atoms with E-state index in [4.69, 9.17) is 4.42 Å². The highest BCUT2D eigenvalue weighted by atomic mass is 32.2. The molecule has 3 aromatic rings. The standard InChI is InChI=1S/C22H27N5O2S/c1-16-8-10-18(11-9-16)27-21(26-12-4-3-5-13-26)24-25-22(27)30-17(2)20(28)23-15-19-7-6-14-29-19/h6-11,14,17H,3-5,12-13,15H2,1-2H3,(H,23,28). The van der Waals surface area contributed by atoms with E-state index in [2.05, 4.69) is 56.2 Å². The second-order valence-corrected chi connectivity index (χ2v) is 8.87. The van der Waals surface area contributed by atoms with Gasteiger partial charge in [-0.05, 0) is 57.4 Å². The van der Waals surface area contributed by atoms with Crippen molar-refractivity contribution in [2.24, 2.45) is 0 Å². The third-order valence-corrected chi connectivity index (χ3v) is 6.26. The van der Waals surface area contributed by atoms with Gasteiger partial charge in [-0.25, -0.2) is 0 Å². The molecule has 3 heterocycles. The largest absolute Gasteiger partial charge is 0.467 e. The zero-order chi connectivity index (χ0) is 20.9. The predicted octanol–water partition coefficient (Wildman–Crippen LogP) is 3.96. The lowest BCUT2D eigenvalue weighted by molar-refractivity contribution is -0.120. The fourth-order valence-electron chi connectivity index (χ4n) is 3.50. The van der Waals surface area contributed by atoms with Gasteiger partial charge in [-0.15, -0.1) is 10.2 Å². The Bertz CT molecular complexity index is 962. The number of carbonyl (C=O) groups is 1. The number of hydrogen-bond acceptors (Lipinski definition) is 6. The van der Waals surface area contributed by atoms with Gasteiger partial charge in [0.2, 0.25) is 11.9 Å². The van der Waals surface area contributed by atoms with Gasteiger partial charge in [-0.1, -0.05) is 29.5 Å². The summed E-state index contributed by atoms with van der Waals surface area (Å²) >= 11 is 1.42. The van der Waals surface area contributed by atoms with Crippen LogP contribution in [-0.2, 0) is 11.3 Å². The van der Waals surface area contributed by atoms with Gasteiger partial charge in [-0.2, -0.15) is 0 Å². The van der Waals surface area contributed by atoms with Crippen LogP contribution < -0.4 is 10.2 Å². The zero-order valence-electron chi connectivity index (χ0n) is 17.4. The van der Waals surface area contributed by atoms with Gasteiger partial charge in [0.05, 0.1) is 23.7 Å². The number of aromatic nitrogens is 3. The van der Waals surface area contributed by atoms with E-state index in [0.29, 0.717) is 6.54 Å². The number of furan rings is 1. The van der Waals surface area contributed by atoms with Crippen LogP contribution in [0.3, 0.4) is 0 Å². The second-order valence-electron chi connectivity index (χ2n) is 7.56. The first-order valence-electron chi connectivity index (χ1n) is 10.4. The molecule has 1 unspecified atom stereocenters. The van der Waals surface area contributed by atoms with Crippen LogP contribution in [0.25, 0.3) is 5.69 Å². The summed E-state index contributed by atoms with van der Waals surface area (Å²) in [5.41, 5.74) is 2.21. The molecule has 0 bridgehead atoms. The van der Waals surface area contributed by atoms with Crippen LogP contribution in [0.5, 0.6) is 0 Å². The molecule has 7 nitrogen and oxygen atoms in total. The Hall–Kier alpha value is -2.74. The van der Waals surface area contributed by atoms with Crippen LogP contribution in [0.2, 0.25) is 0 Å². The van der Waals surface area contributed by atoms with Gasteiger partial charge in [-0.3, -0.25) is 9.36 Å². The number of nitrogens with zero attached hydrogens (tertiary/aromatic N) is 4. The van der Waals surface area contributed by atoms with Gasteiger partial charge < -0.3 is 14.6 Å². The molecule has 1 aromatic carbocycles. The van der Waals surface area contributed by atoms with Crippen molar-refractivity contribution in [3.8, 4) is 5.69 Å². The maximum atomic E-state index is 12.6. The van der Waals surface area contributed by atoms with E-state index in [1.165, 1.54) is 23.7 Å². The summed E-state index contributed by atoms with van der Waals surface area (Å²) in [5.74, 6) is 1.52. The number of amides is 1. The van der Waals surface area contributed by atoms with Gasteiger partial charge >= 0.3 is 0 Å². The number of anilines is 1. The topological polar surface area (TPSA) is 76.2 Å². The Balaban J connectivity index is 1.55. The van der Waals surface area contributed by atoms with Crippen LogP contribution in [0.15, 0.2) is 52.2 Å². The van der Waals surface area contributed by atoms with Crippen molar-refractivity contribution >= 4 is 23.6 Å². The molecule has 158 valence electrons. The highest BCUT2D eigenvalue weighted by Crippen LogP contribution is 2.30. The first-order chi connectivity index (χ1) is 14.6. The van der Waals surface area contributed by atoms with Gasteiger partial charge in [0.25, 0.3) is 0 Å². The molecular formula is C22H27N5O2S. The normalized spacial score (nSPS) is 15.2. The van der Waals surface area contributed by atoms with Crippen molar-refractivity contribution in [3.63, 3.8) is 0 Å². The molecule has 0 saturated carbocycles. The Morgan fingerprint density at radius 2 is 1.93 bits per heavy atom. The first-order valence-corrected chi connectivity index (χ1v) is 11.2. The minimum atomic E-state index is -0.317. The molecule has 1 aliphatic heterocycles. The SMILES string of the molecule is Cc1ccc(-n2c(SC(C)C(=O)NCc3ccco3)nnc2N2CCCCC2)cc1. The minimum Gasteiger partial charge on any atom is -0.467 e. The third-order valence-electron chi connectivity index (χ3n) is 5.22.